The Labute approximate surface area is 113 Å². The van der Waals surface area contributed by atoms with Crippen molar-refractivity contribution in [3.05, 3.63) is 42.5 Å². The van der Waals surface area contributed by atoms with Crippen molar-refractivity contribution in [1.29, 1.82) is 0 Å². The third-order valence-electron chi connectivity index (χ3n) is 3.25. The molecule has 0 saturated carbocycles. The molecular weight excluding hydrogens is 238 g/mol. The van der Waals surface area contributed by atoms with Gasteiger partial charge in [0.25, 0.3) is 0 Å². The van der Waals surface area contributed by atoms with Crippen LogP contribution in [0.25, 0.3) is 11.1 Å². The lowest BCUT2D eigenvalue weighted by atomic mass is 10.0. The second-order valence-corrected chi connectivity index (χ2v) is 4.54. The first-order valence-corrected chi connectivity index (χ1v) is 6.54. The van der Waals surface area contributed by atoms with Gasteiger partial charge in [0.2, 0.25) is 0 Å². The molecule has 0 amide bonds. The summed E-state index contributed by atoms with van der Waals surface area (Å²) in [6.07, 6.45) is 0.931. The van der Waals surface area contributed by atoms with Crippen LogP contribution in [0.3, 0.4) is 0 Å². The summed E-state index contributed by atoms with van der Waals surface area (Å²) in [6, 6.07) is 14.5. The maximum absolute atomic E-state index is 5.72. The van der Waals surface area contributed by atoms with E-state index in [1.165, 1.54) is 5.56 Å². The predicted molar refractivity (Wildman–Crippen MR) is 77.0 cm³/mol. The van der Waals surface area contributed by atoms with Crippen LogP contribution >= 0.6 is 0 Å². The minimum Gasteiger partial charge on any atom is -0.490 e. The fourth-order valence-corrected chi connectivity index (χ4v) is 2.17. The number of ether oxygens (including phenoxy) is 2. The van der Waals surface area contributed by atoms with Crippen molar-refractivity contribution < 1.29 is 9.47 Å². The van der Waals surface area contributed by atoms with E-state index in [0.29, 0.717) is 0 Å². The number of rotatable bonds is 2. The van der Waals surface area contributed by atoms with E-state index in [2.05, 4.69) is 41.7 Å². The molecule has 0 radical (unpaired) electrons. The molecule has 3 nitrogen and oxygen atoms in total. The van der Waals surface area contributed by atoms with Gasteiger partial charge in [0.15, 0.2) is 11.5 Å². The summed E-state index contributed by atoms with van der Waals surface area (Å²) in [5.41, 5.74) is 3.43. The highest BCUT2D eigenvalue weighted by atomic mass is 16.5. The average molecular weight is 255 g/mol. The molecule has 0 aliphatic carbocycles. The van der Waals surface area contributed by atoms with Crippen molar-refractivity contribution >= 4 is 5.69 Å². The minimum absolute atomic E-state index is 0.717. The zero-order valence-electron chi connectivity index (χ0n) is 11.0. The smallest absolute Gasteiger partial charge is 0.161 e. The first-order valence-electron chi connectivity index (χ1n) is 6.54. The minimum atomic E-state index is 0.717. The van der Waals surface area contributed by atoms with Crippen molar-refractivity contribution in [2.75, 3.05) is 25.6 Å². The van der Waals surface area contributed by atoms with E-state index in [9.17, 15) is 0 Å². The summed E-state index contributed by atoms with van der Waals surface area (Å²) >= 11 is 0. The zero-order valence-corrected chi connectivity index (χ0v) is 11.0. The monoisotopic (exact) mass is 255 g/mol. The van der Waals surface area contributed by atoms with Crippen LogP contribution in [0.4, 0.5) is 5.69 Å². The summed E-state index contributed by atoms with van der Waals surface area (Å²) in [6.45, 7) is 1.44. The van der Waals surface area contributed by atoms with Gasteiger partial charge in [-0.3, -0.25) is 0 Å². The van der Waals surface area contributed by atoms with E-state index in [-0.39, 0.29) is 0 Å². The van der Waals surface area contributed by atoms with E-state index in [1.54, 1.807) is 0 Å². The third-order valence-corrected chi connectivity index (χ3v) is 3.25. The number of benzene rings is 2. The summed E-state index contributed by atoms with van der Waals surface area (Å²) in [5.74, 6) is 1.68. The summed E-state index contributed by atoms with van der Waals surface area (Å²) in [7, 11) is 1.92. The predicted octanol–water partition coefficient (Wildman–Crippen LogP) is 3.56. The van der Waals surface area contributed by atoms with Crippen molar-refractivity contribution in [2.45, 2.75) is 6.42 Å². The van der Waals surface area contributed by atoms with E-state index in [1.807, 2.05) is 13.1 Å². The second kappa shape index (κ2) is 5.22. The summed E-state index contributed by atoms with van der Waals surface area (Å²) < 4.78 is 11.4. The average Bonchev–Trinajstić information content (AvgIpc) is 2.72. The fraction of sp³-hybridized carbons (Fsp3) is 0.250. The van der Waals surface area contributed by atoms with Crippen LogP contribution in [0, 0.1) is 0 Å². The quantitative estimate of drug-likeness (QED) is 0.890. The lowest BCUT2D eigenvalue weighted by molar-refractivity contribution is 0.297. The van der Waals surface area contributed by atoms with Gasteiger partial charge in [0.1, 0.15) is 0 Å². The molecule has 2 aromatic rings. The first-order chi connectivity index (χ1) is 9.36. The molecule has 0 unspecified atom stereocenters. The molecule has 3 rings (SSSR count). The van der Waals surface area contributed by atoms with Gasteiger partial charge in [-0.1, -0.05) is 18.2 Å². The van der Waals surface area contributed by atoms with Gasteiger partial charge in [-0.05, 0) is 35.4 Å². The number of fused-ring (bicyclic) bond motifs is 1. The van der Waals surface area contributed by atoms with Crippen molar-refractivity contribution in [1.82, 2.24) is 0 Å². The highest BCUT2D eigenvalue weighted by Gasteiger charge is 2.11. The highest BCUT2D eigenvalue weighted by molar-refractivity contribution is 5.69. The Morgan fingerprint density at radius 3 is 2.26 bits per heavy atom. The van der Waals surface area contributed by atoms with Gasteiger partial charge in [-0.15, -0.1) is 0 Å². The van der Waals surface area contributed by atoms with E-state index >= 15 is 0 Å². The molecule has 0 saturated heterocycles. The first kappa shape index (κ1) is 11.9. The lowest BCUT2D eigenvalue weighted by Gasteiger charge is -2.10. The maximum Gasteiger partial charge on any atom is 0.161 e. The Hall–Kier alpha value is -2.16. The Morgan fingerprint density at radius 2 is 1.53 bits per heavy atom. The van der Waals surface area contributed by atoms with Crippen LogP contribution < -0.4 is 14.8 Å². The molecular formula is C16H17NO2. The van der Waals surface area contributed by atoms with Crippen molar-refractivity contribution in [2.24, 2.45) is 0 Å². The molecule has 3 heteroatoms. The van der Waals surface area contributed by atoms with Crippen LogP contribution in [0.1, 0.15) is 6.42 Å². The molecule has 1 N–H and O–H groups in total. The van der Waals surface area contributed by atoms with Crippen LogP contribution in [-0.4, -0.2) is 20.3 Å². The molecule has 1 heterocycles. The second-order valence-electron chi connectivity index (χ2n) is 4.54. The van der Waals surface area contributed by atoms with Crippen LogP contribution in [0.15, 0.2) is 42.5 Å². The molecule has 98 valence electrons. The fourth-order valence-electron chi connectivity index (χ4n) is 2.17. The van der Waals surface area contributed by atoms with E-state index in [4.69, 9.17) is 9.47 Å². The Kier molecular flexibility index (Phi) is 3.27. The molecule has 0 aromatic heterocycles. The SMILES string of the molecule is CNc1ccc(-c2ccc3c(c2)OCCCO3)cc1. The molecule has 1 aliphatic heterocycles. The standard InChI is InChI=1S/C16H17NO2/c1-17-14-6-3-12(4-7-14)13-5-8-15-16(11-13)19-10-2-9-18-15/h3-8,11,17H,2,9-10H2,1H3. The van der Waals surface area contributed by atoms with Gasteiger partial charge in [0.05, 0.1) is 13.2 Å². The molecule has 2 aromatic carbocycles. The molecule has 0 atom stereocenters. The van der Waals surface area contributed by atoms with Crippen LogP contribution in [0.2, 0.25) is 0 Å². The number of hydrogen-bond acceptors (Lipinski definition) is 3. The van der Waals surface area contributed by atoms with Gasteiger partial charge in [-0.25, -0.2) is 0 Å². The van der Waals surface area contributed by atoms with Crippen LogP contribution in [-0.2, 0) is 0 Å². The molecule has 0 bridgehead atoms. The molecule has 0 fully saturated rings. The summed E-state index contributed by atoms with van der Waals surface area (Å²) in [5, 5.41) is 3.12. The topological polar surface area (TPSA) is 30.5 Å². The van der Waals surface area contributed by atoms with Crippen molar-refractivity contribution in [3.8, 4) is 22.6 Å². The van der Waals surface area contributed by atoms with Gasteiger partial charge < -0.3 is 14.8 Å². The summed E-state index contributed by atoms with van der Waals surface area (Å²) in [4.78, 5) is 0. The molecule has 0 spiro atoms. The number of hydrogen-bond donors (Lipinski definition) is 1. The normalized spacial score (nSPS) is 13.7. The van der Waals surface area contributed by atoms with E-state index in [0.717, 1.165) is 42.4 Å². The Bertz CT molecular complexity index is 563. The zero-order chi connectivity index (χ0) is 13.1. The van der Waals surface area contributed by atoms with Crippen molar-refractivity contribution in [3.63, 3.8) is 0 Å². The van der Waals surface area contributed by atoms with Gasteiger partial charge in [0, 0.05) is 19.2 Å². The van der Waals surface area contributed by atoms with Gasteiger partial charge in [-0.2, -0.15) is 0 Å². The van der Waals surface area contributed by atoms with Crippen LogP contribution in [0.5, 0.6) is 11.5 Å². The molecule has 1 aliphatic rings. The number of nitrogens with one attached hydrogen (secondary N) is 1. The lowest BCUT2D eigenvalue weighted by Crippen LogP contribution is -1.97. The highest BCUT2D eigenvalue weighted by Crippen LogP contribution is 2.34. The third kappa shape index (κ3) is 2.50. The van der Waals surface area contributed by atoms with E-state index < -0.39 is 0 Å². The number of anilines is 1. The largest absolute Gasteiger partial charge is 0.490 e. The molecule has 19 heavy (non-hydrogen) atoms. The maximum atomic E-state index is 5.72. The Morgan fingerprint density at radius 1 is 0.842 bits per heavy atom. The van der Waals surface area contributed by atoms with Gasteiger partial charge >= 0.3 is 0 Å². The Balaban J connectivity index is 1.94.